The minimum atomic E-state index is 0.202. The molecule has 1 aliphatic rings. The molecule has 0 spiro atoms. The molecule has 25 heavy (non-hydrogen) atoms. The van der Waals surface area contributed by atoms with E-state index < -0.39 is 0 Å². The number of hydrogen-bond donors (Lipinski definition) is 0. The molecule has 1 aliphatic heterocycles. The summed E-state index contributed by atoms with van der Waals surface area (Å²) < 4.78 is 2.13. The van der Waals surface area contributed by atoms with Crippen molar-refractivity contribution in [2.75, 3.05) is 4.90 Å². The molecular weight excluding hydrogens is 308 g/mol. The van der Waals surface area contributed by atoms with E-state index in [-0.39, 0.29) is 6.04 Å². The van der Waals surface area contributed by atoms with Gasteiger partial charge >= 0.3 is 0 Å². The fourth-order valence-electron chi connectivity index (χ4n) is 3.09. The van der Waals surface area contributed by atoms with Gasteiger partial charge in [-0.3, -0.25) is 4.99 Å². The Balaban J connectivity index is 1.60. The predicted octanol–water partition coefficient (Wildman–Crippen LogP) is 4.55. The molecule has 124 valence electrons. The molecule has 0 bridgehead atoms. The largest absolute Gasteiger partial charge is 0.327 e. The Labute approximate surface area is 147 Å². The van der Waals surface area contributed by atoms with Gasteiger partial charge in [0.1, 0.15) is 5.82 Å². The number of anilines is 1. The van der Waals surface area contributed by atoms with Gasteiger partial charge in [-0.05, 0) is 48.9 Å². The lowest BCUT2D eigenvalue weighted by Gasteiger charge is -2.20. The number of aliphatic imine (C=N–C) groups is 1. The van der Waals surface area contributed by atoms with Gasteiger partial charge in [0.2, 0.25) is 0 Å². The number of fused-ring (bicyclic) bond motifs is 1. The fourth-order valence-corrected chi connectivity index (χ4v) is 3.09. The van der Waals surface area contributed by atoms with Crippen molar-refractivity contribution in [3.05, 3.63) is 73.5 Å². The number of para-hydroxylation sites is 2. The summed E-state index contributed by atoms with van der Waals surface area (Å²) in [5.74, 6) is 0.974. The number of benzene rings is 2. The Bertz CT molecular complexity index is 949. The minimum Gasteiger partial charge on any atom is -0.327 e. The first-order valence-corrected chi connectivity index (χ1v) is 8.39. The smallest absolute Gasteiger partial charge is 0.140 e. The van der Waals surface area contributed by atoms with Crippen LogP contribution in [-0.2, 0) is 7.05 Å². The van der Waals surface area contributed by atoms with Gasteiger partial charge in [0.25, 0.3) is 0 Å². The van der Waals surface area contributed by atoms with Crippen molar-refractivity contribution in [3.8, 4) is 11.4 Å². The van der Waals surface area contributed by atoms with Crippen LogP contribution in [-0.4, -0.2) is 21.9 Å². The van der Waals surface area contributed by atoms with Crippen LogP contribution < -0.4 is 4.90 Å². The summed E-state index contributed by atoms with van der Waals surface area (Å²) in [5.41, 5.74) is 4.34. The van der Waals surface area contributed by atoms with Crippen LogP contribution in [0.25, 0.3) is 22.4 Å². The van der Waals surface area contributed by atoms with E-state index in [9.17, 15) is 0 Å². The maximum Gasteiger partial charge on any atom is 0.140 e. The average molecular weight is 328 g/mol. The minimum absolute atomic E-state index is 0.202. The van der Waals surface area contributed by atoms with Crippen molar-refractivity contribution in [2.45, 2.75) is 12.5 Å². The first-order chi connectivity index (χ1) is 12.3. The number of nitrogens with zero attached hydrogens (tertiary/aromatic N) is 4. The Morgan fingerprint density at radius 1 is 1.12 bits per heavy atom. The van der Waals surface area contributed by atoms with Gasteiger partial charge in [-0.25, -0.2) is 4.98 Å². The topological polar surface area (TPSA) is 33.4 Å². The van der Waals surface area contributed by atoms with E-state index in [1.807, 2.05) is 35.5 Å². The number of rotatable bonds is 4. The lowest BCUT2D eigenvalue weighted by atomic mass is 10.1. The molecule has 4 nitrogen and oxygen atoms in total. The van der Waals surface area contributed by atoms with Crippen LogP contribution >= 0.6 is 0 Å². The molecule has 0 radical (unpaired) electrons. The van der Waals surface area contributed by atoms with Crippen LogP contribution in [0.3, 0.4) is 0 Å². The summed E-state index contributed by atoms with van der Waals surface area (Å²) in [6.45, 7) is 3.76. The second kappa shape index (κ2) is 6.40. The van der Waals surface area contributed by atoms with Crippen LogP contribution in [0.4, 0.5) is 5.69 Å². The van der Waals surface area contributed by atoms with E-state index in [2.05, 4.69) is 65.8 Å². The highest BCUT2D eigenvalue weighted by atomic mass is 15.2. The van der Waals surface area contributed by atoms with Crippen LogP contribution in [0, 0.1) is 0 Å². The van der Waals surface area contributed by atoms with E-state index in [1.54, 1.807) is 0 Å². The van der Waals surface area contributed by atoms with Gasteiger partial charge in [-0.15, -0.1) is 6.58 Å². The fraction of sp³-hybridized carbons (Fsp3) is 0.143. The molecule has 4 rings (SSSR count). The lowest BCUT2D eigenvalue weighted by Crippen LogP contribution is -2.20. The summed E-state index contributed by atoms with van der Waals surface area (Å²) in [7, 11) is 2.05. The Morgan fingerprint density at radius 2 is 1.92 bits per heavy atom. The molecule has 0 amide bonds. The van der Waals surface area contributed by atoms with E-state index in [1.165, 1.54) is 0 Å². The van der Waals surface area contributed by atoms with Gasteiger partial charge in [0.05, 0.1) is 23.4 Å². The lowest BCUT2D eigenvalue weighted by molar-refractivity contribution is 0.826. The van der Waals surface area contributed by atoms with Gasteiger partial charge in [0, 0.05) is 24.5 Å². The second-order valence-electron chi connectivity index (χ2n) is 6.14. The first kappa shape index (κ1) is 15.4. The maximum atomic E-state index is 4.75. The molecule has 0 saturated carbocycles. The van der Waals surface area contributed by atoms with Crippen molar-refractivity contribution in [1.82, 2.24) is 9.55 Å². The highest BCUT2D eigenvalue weighted by molar-refractivity contribution is 5.84. The summed E-state index contributed by atoms with van der Waals surface area (Å²) in [4.78, 5) is 11.3. The van der Waals surface area contributed by atoms with Gasteiger partial charge in [0.15, 0.2) is 0 Å². The predicted molar refractivity (Wildman–Crippen MR) is 105 cm³/mol. The summed E-state index contributed by atoms with van der Waals surface area (Å²) >= 11 is 0. The van der Waals surface area contributed by atoms with E-state index in [4.69, 9.17) is 4.98 Å². The summed E-state index contributed by atoms with van der Waals surface area (Å²) in [6, 6.07) is 16.8. The SMILES string of the molecule is C=CCC1C=CN(c2ccc(-c3nc4ccccc4n3C)cc2)C=N1. The first-order valence-electron chi connectivity index (χ1n) is 8.39. The maximum absolute atomic E-state index is 4.75. The van der Waals surface area contributed by atoms with Crippen molar-refractivity contribution in [3.63, 3.8) is 0 Å². The molecule has 0 saturated heterocycles. The molecule has 3 aromatic rings. The van der Waals surface area contributed by atoms with Crippen LogP contribution in [0.2, 0.25) is 0 Å². The molecule has 0 N–H and O–H groups in total. The summed E-state index contributed by atoms with van der Waals surface area (Å²) in [5, 5.41) is 0. The van der Waals surface area contributed by atoms with Crippen molar-refractivity contribution >= 4 is 23.1 Å². The number of imidazole rings is 1. The molecule has 2 heterocycles. The number of hydrogen-bond acceptors (Lipinski definition) is 3. The number of aromatic nitrogens is 2. The van der Waals surface area contributed by atoms with Gasteiger partial charge < -0.3 is 9.47 Å². The molecular formula is C21H20N4. The molecule has 2 aromatic carbocycles. The molecule has 1 unspecified atom stereocenters. The average Bonchev–Trinajstić information content (AvgIpc) is 3.00. The Morgan fingerprint density at radius 3 is 2.60 bits per heavy atom. The van der Waals surface area contributed by atoms with Crippen LogP contribution in [0.5, 0.6) is 0 Å². The third-order valence-electron chi connectivity index (χ3n) is 4.47. The third kappa shape index (κ3) is 2.87. The molecule has 0 fully saturated rings. The highest BCUT2D eigenvalue weighted by Gasteiger charge is 2.11. The Hall–Kier alpha value is -3.14. The van der Waals surface area contributed by atoms with Crippen LogP contribution in [0.15, 0.2) is 78.5 Å². The van der Waals surface area contributed by atoms with Crippen molar-refractivity contribution in [2.24, 2.45) is 12.0 Å². The van der Waals surface area contributed by atoms with Crippen LogP contribution in [0.1, 0.15) is 6.42 Å². The molecule has 0 aliphatic carbocycles. The Kier molecular flexibility index (Phi) is 3.94. The molecule has 1 aromatic heterocycles. The zero-order valence-electron chi connectivity index (χ0n) is 14.2. The van der Waals surface area contributed by atoms with Crippen molar-refractivity contribution < 1.29 is 0 Å². The quantitative estimate of drug-likeness (QED) is 0.659. The normalized spacial score (nSPS) is 16.5. The van der Waals surface area contributed by atoms with Gasteiger partial charge in [-0.2, -0.15) is 0 Å². The summed E-state index contributed by atoms with van der Waals surface area (Å²) in [6.07, 6.45) is 8.80. The monoisotopic (exact) mass is 328 g/mol. The second-order valence-corrected chi connectivity index (χ2v) is 6.14. The zero-order valence-corrected chi connectivity index (χ0v) is 14.2. The highest BCUT2D eigenvalue weighted by Crippen LogP contribution is 2.26. The van der Waals surface area contributed by atoms with E-state index in [0.717, 1.165) is 34.5 Å². The van der Waals surface area contributed by atoms with Crippen molar-refractivity contribution in [1.29, 1.82) is 0 Å². The van der Waals surface area contributed by atoms with Gasteiger partial charge in [-0.1, -0.05) is 18.2 Å². The van der Waals surface area contributed by atoms with E-state index in [0.29, 0.717) is 0 Å². The standard InChI is InChI=1S/C21H20N4/c1-3-6-17-13-14-25(15-22-17)18-11-9-16(10-12-18)21-23-19-7-4-5-8-20(19)24(21)2/h3-5,7-15,17H,1,6H2,2H3. The molecule has 1 atom stereocenters. The number of aryl methyl sites for hydroxylation is 1. The van der Waals surface area contributed by atoms with E-state index >= 15 is 0 Å². The third-order valence-corrected chi connectivity index (χ3v) is 4.47. The molecule has 4 heteroatoms. The zero-order chi connectivity index (χ0) is 17.2.